The second-order valence-electron chi connectivity index (χ2n) is 6.08. The van der Waals surface area contributed by atoms with Crippen LogP contribution in [0, 0.1) is 0 Å². The summed E-state index contributed by atoms with van der Waals surface area (Å²) in [5.41, 5.74) is 0.000309. The van der Waals surface area contributed by atoms with Gasteiger partial charge in [0.05, 0.1) is 9.92 Å². The second-order valence-corrected chi connectivity index (χ2v) is 9.15. The van der Waals surface area contributed by atoms with Gasteiger partial charge in [-0.1, -0.05) is 70.4 Å². The van der Waals surface area contributed by atoms with Crippen molar-refractivity contribution < 1.29 is 52.7 Å². The second kappa shape index (κ2) is 9.86. The molecule has 0 amide bonds. The Kier molecular flexibility index (Phi) is 8.41. The number of halogens is 4. The van der Waals surface area contributed by atoms with Crippen LogP contribution in [0.3, 0.4) is 0 Å². The summed E-state index contributed by atoms with van der Waals surface area (Å²) in [4.78, 5) is -0.462. The molecule has 0 radical (unpaired) electrons. The van der Waals surface area contributed by atoms with Crippen molar-refractivity contribution in [3.63, 3.8) is 0 Å². The van der Waals surface area contributed by atoms with Gasteiger partial charge in [-0.15, -0.1) is 0 Å². The van der Waals surface area contributed by atoms with E-state index in [4.69, 9.17) is 46.4 Å². The van der Waals surface area contributed by atoms with Crippen molar-refractivity contribution in [2.24, 2.45) is 0 Å². The third kappa shape index (κ3) is 5.21. The molecular formula is C19H11Cl4NaO5S. The zero-order valence-electron chi connectivity index (χ0n) is 15.2. The van der Waals surface area contributed by atoms with E-state index in [9.17, 15) is 23.2 Å². The SMILES string of the molecule is O=S(=O)(O)c1ccccc1C(c1cc(Cl)cc(Cl)c1[O-])c1cc(Cl)cc(Cl)c1O.[Na+]. The van der Waals surface area contributed by atoms with Gasteiger partial charge in [0, 0.05) is 26.5 Å². The third-order valence-electron chi connectivity index (χ3n) is 4.22. The van der Waals surface area contributed by atoms with Crippen molar-refractivity contribution in [3.8, 4) is 11.5 Å². The van der Waals surface area contributed by atoms with E-state index in [-0.39, 0.29) is 66.3 Å². The van der Waals surface area contributed by atoms with Crippen molar-refractivity contribution in [2.75, 3.05) is 0 Å². The molecule has 30 heavy (non-hydrogen) atoms. The van der Waals surface area contributed by atoms with Gasteiger partial charge in [-0.3, -0.25) is 4.55 Å². The van der Waals surface area contributed by atoms with Crippen molar-refractivity contribution in [2.45, 2.75) is 10.8 Å². The van der Waals surface area contributed by atoms with Gasteiger partial charge in [-0.05, 0) is 41.5 Å². The van der Waals surface area contributed by atoms with Crippen LogP contribution < -0.4 is 34.7 Å². The van der Waals surface area contributed by atoms with Crippen molar-refractivity contribution in [1.82, 2.24) is 0 Å². The first-order valence-corrected chi connectivity index (χ1v) is 10.9. The molecule has 3 aromatic rings. The van der Waals surface area contributed by atoms with E-state index in [0.29, 0.717) is 0 Å². The van der Waals surface area contributed by atoms with Gasteiger partial charge in [0.25, 0.3) is 10.1 Å². The van der Waals surface area contributed by atoms with Crippen LogP contribution in [0.25, 0.3) is 0 Å². The van der Waals surface area contributed by atoms with Gasteiger partial charge in [-0.25, -0.2) is 0 Å². The largest absolute Gasteiger partial charge is 1.00 e. The van der Waals surface area contributed by atoms with Crippen LogP contribution in [0.5, 0.6) is 11.5 Å². The van der Waals surface area contributed by atoms with Crippen LogP contribution in [-0.4, -0.2) is 18.1 Å². The summed E-state index contributed by atoms with van der Waals surface area (Å²) in [6, 6.07) is 10.6. The minimum absolute atomic E-state index is 0. The van der Waals surface area contributed by atoms with Gasteiger partial charge in [0.15, 0.2) is 0 Å². The number of phenolic OH excluding ortho intramolecular Hbond substituents is 1. The Labute approximate surface area is 215 Å². The molecular weight excluding hydrogens is 505 g/mol. The van der Waals surface area contributed by atoms with Crippen molar-refractivity contribution in [3.05, 3.63) is 85.3 Å². The van der Waals surface area contributed by atoms with Crippen LogP contribution in [0.2, 0.25) is 20.1 Å². The Hall–Kier alpha value is -0.670. The molecule has 0 aromatic heterocycles. The molecule has 11 heteroatoms. The average molecular weight is 516 g/mol. The maximum atomic E-state index is 12.8. The topological polar surface area (TPSA) is 97.7 Å². The maximum absolute atomic E-state index is 12.8. The number of phenols is 1. The van der Waals surface area contributed by atoms with E-state index >= 15 is 0 Å². The summed E-state index contributed by atoms with van der Waals surface area (Å²) in [7, 11) is -4.68. The van der Waals surface area contributed by atoms with E-state index in [0.717, 1.165) is 6.07 Å². The Bertz CT molecular complexity index is 1160. The van der Waals surface area contributed by atoms with Crippen LogP contribution in [0.4, 0.5) is 0 Å². The molecule has 2 N–H and O–H groups in total. The molecule has 0 saturated heterocycles. The zero-order chi connectivity index (χ0) is 21.5. The van der Waals surface area contributed by atoms with E-state index in [1.54, 1.807) is 0 Å². The molecule has 0 saturated carbocycles. The third-order valence-corrected chi connectivity index (χ3v) is 6.16. The summed E-state index contributed by atoms with van der Waals surface area (Å²) in [6.45, 7) is 0. The van der Waals surface area contributed by atoms with Crippen LogP contribution in [0.1, 0.15) is 22.6 Å². The zero-order valence-corrected chi connectivity index (χ0v) is 21.1. The molecule has 0 bridgehead atoms. The monoisotopic (exact) mass is 514 g/mol. The number of rotatable bonds is 4. The molecule has 0 aliphatic carbocycles. The Morgan fingerprint density at radius 2 is 1.37 bits per heavy atom. The minimum atomic E-state index is -4.68. The summed E-state index contributed by atoms with van der Waals surface area (Å²) in [5, 5.41) is 23.3. The van der Waals surface area contributed by atoms with Crippen molar-refractivity contribution in [1.29, 1.82) is 0 Å². The fraction of sp³-hybridized carbons (Fsp3) is 0.0526. The maximum Gasteiger partial charge on any atom is 1.00 e. The first kappa shape index (κ1) is 25.6. The van der Waals surface area contributed by atoms with Crippen LogP contribution >= 0.6 is 46.4 Å². The van der Waals surface area contributed by atoms with Crippen molar-refractivity contribution >= 4 is 56.5 Å². The fourth-order valence-corrected chi connectivity index (χ4v) is 4.81. The quantitative estimate of drug-likeness (QED) is 0.316. The summed E-state index contributed by atoms with van der Waals surface area (Å²) in [6.07, 6.45) is 0. The van der Waals surface area contributed by atoms with E-state index in [2.05, 4.69) is 0 Å². The fourth-order valence-electron chi connectivity index (χ4n) is 3.06. The molecule has 3 aromatic carbocycles. The van der Waals surface area contributed by atoms with E-state index < -0.39 is 32.4 Å². The number of hydrogen-bond acceptors (Lipinski definition) is 4. The molecule has 1 atom stereocenters. The van der Waals surface area contributed by atoms with Crippen LogP contribution in [-0.2, 0) is 10.1 Å². The molecule has 0 fully saturated rings. The summed E-state index contributed by atoms with van der Waals surface area (Å²) in [5.74, 6) is -2.25. The summed E-state index contributed by atoms with van der Waals surface area (Å²) < 4.78 is 33.6. The minimum Gasteiger partial charge on any atom is -0.871 e. The molecule has 0 spiro atoms. The van der Waals surface area contributed by atoms with Gasteiger partial charge in [0.1, 0.15) is 5.75 Å². The standard InChI is InChI=1S/C19H12Cl4O5S.Na/c20-9-5-12(18(24)14(22)7-9)17(13-6-10(21)8-15(23)19(13)25)11-3-1-2-4-16(11)29(26,27)28;/h1-8,17,24-25H,(H,26,27,28);/q;+1/p-1. The first-order valence-electron chi connectivity index (χ1n) is 7.91. The van der Waals surface area contributed by atoms with E-state index in [1.165, 1.54) is 42.5 Å². The molecule has 0 aliphatic rings. The normalized spacial score (nSPS) is 12.3. The van der Waals surface area contributed by atoms with Crippen LogP contribution in [0.15, 0.2) is 53.4 Å². The van der Waals surface area contributed by atoms with Gasteiger partial charge < -0.3 is 10.2 Å². The molecule has 0 aliphatic heterocycles. The average Bonchev–Trinajstić information content (AvgIpc) is 2.62. The summed E-state index contributed by atoms with van der Waals surface area (Å²) >= 11 is 24.2. The van der Waals surface area contributed by atoms with E-state index in [1.807, 2.05) is 0 Å². The Morgan fingerprint density at radius 1 is 0.833 bits per heavy atom. The molecule has 3 rings (SSSR count). The smallest absolute Gasteiger partial charge is 0.871 e. The molecule has 152 valence electrons. The number of hydrogen-bond donors (Lipinski definition) is 2. The van der Waals surface area contributed by atoms with Gasteiger partial charge in [-0.2, -0.15) is 8.42 Å². The Balaban J connectivity index is 0.00000320. The Morgan fingerprint density at radius 3 is 1.97 bits per heavy atom. The molecule has 5 nitrogen and oxygen atoms in total. The predicted molar refractivity (Wildman–Crippen MR) is 111 cm³/mol. The molecule has 0 heterocycles. The molecule has 1 unspecified atom stereocenters. The number of aromatic hydroxyl groups is 1. The predicted octanol–water partition coefficient (Wildman–Crippen LogP) is 2.51. The first-order chi connectivity index (χ1) is 13.5. The van der Waals surface area contributed by atoms with Gasteiger partial charge >= 0.3 is 29.6 Å². The number of benzene rings is 3. The van der Waals surface area contributed by atoms with Gasteiger partial charge in [0.2, 0.25) is 0 Å².